The van der Waals surface area contributed by atoms with Crippen LogP contribution in [0.15, 0.2) is 45.7 Å². The Balaban J connectivity index is 1.90. The summed E-state index contributed by atoms with van der Waals surface area (Å²) in [5, 5.41) is 2.39. The van der Waals surface area contributed by atoms with Gasteiger partial charge in [0.05, 0.1) is 0 Å². The lowest BCUT2D eigenvalue weighted by molar-refractivity contribution is 0.102. The van der Waals surface area contributed by atoms with Gasteiger partial charge in [-0.3, -0.25) is 4.79 Å². The first kappa shape index (κ1) is 19.4. The topological polar surface area (TPSA) is 103 Å². The smallest absolute Gasteiger partial charge is 0.313 e. The number of halogens is 4. The number of amides is 1. The van der Waals surface area contributed by atoms with Crippen molar-refractivity contribution < 1.29 is 31.5 Å². The highest BCUT2D eigenvalue weighted by Crippen LogP contribution is 2.35. The van der Waals surface area contributed by atoms with Crippen LogP contribution in [0, 0.1) is 5.82 Å². The molecule has 1 aliphatic rings. The number of aromatic nitrogens is 1. The van der Waals surface area contributed by atoms with Gasteiger partial charge >= 0.3 is 6.43 Å². The van der Waals surface area contributed by atoms with E-state index in [4.69, 9.17) is 10.5 Å². The molecule has 3 N–H and O–H groups in total. The summed E-state index contributed by atoms with van der Waals surface area (Å²) in [7, 11) is 0. The highest BCUT2D eigenvalue weighted by Gasteiger charge is 2.32. The number of benzene rings is 1. The predicted octanol–water partition coefficient (Wildman–Crippen LogP) is 3.42. The Bertz CT molecular complexity index is 973. The molecule has 2 heterocycles. The molecule has 0 bridgehead atoms. The number of aliphatic imine (C=N–C) groups is 1. The number of nitrogens with two attached hydrogens (primary N) is 1. The average molecular weight is 398 g/mol. The van der Waals surface area contributed by atoms with Crippen LogP contribution in [0.4, 0.5) is 23.2 Å². The minimum Gasteiger partial charge on any atom is -0.443 e. The van der Waals surface area contributed by atoms with Gasteiger partial charge in [0.2, 0.25) is 0 Å². The number of oxazole rings is 1. The number of rotatable bonds is 5. The number of carbonyl (C=O) groups is 1. The van der Waals surface area contributed by atoms with Crippen molar-refractivity contribution in [1.82, 2.24) is 4.98 Å². The summed E-state index contributed by atoms with van der Waals surface area (Å²) in [6, 6.07) is 3.23. The summed E-state index contributed by atoms with van der Waals surface area (Å²) in [5.41, 5.74) is 3.88. The highest BCUT2D eigenvalue weighted by atomic mass is 19.3. The lowest BCUT2D eigenvalue weighted by Gasteiger charge is -2.28. The molecule has 0 saturated heterocycles. The van der Waals surface area contributed by atoms with E-state index in [2.05, 4.69) is 19.7 Å². The Morgan fingerprint density at radius 1 is 1.39 bits per heavy atom. The van der Waals surface area contributed by atoms with E-state index < -0.39 is 36.3 Å². The van der Waals surface area contributed by atoms with Crippen molar-refractivity contribution in [2.24, 2.45) is 10.7 Å². The van der Waals surface area contributed by atoms with Crippen LogP contribution in [-0.2, 0) is 10.3 Å². The number of allylic oxidation sites excluding steroid dienone is 1. The largest absolute Gasteiger partial charge is 0.443 e. The molecule has 0 saturated carbocycles. The van der Waals surface area contributed by atoms with Gasteiger partial charge in [-0.25, -0.2) is 18.8 Å². The predicted molar refractivity (Wildman–Crippen MR) is 89.9 cm³/mol. The lowest BCUT2D eigenvalue weighted by atomic mass is 9.90. The summed E-state index contributed by atoms with van der Waals surface area (Å²) in [5.74, 6) is -2.55. The molecule has 3 rings (SSSR count). The Kier molecular flexibility index (Phi) is 5.08. The number of carbonyl (C=O) groups excluding carboxylic acids is 1. The van der Waals surface area contributed by atoms with Crippen LogP contribution >= 0.6 is 0 Å². The van der Waals surface area contributed by atoms with E-state index in [9.17, 15) is 22.4 Å². The van der Waals surface area contributed by atoms with Gasteiger partial charge in [-0.05, 0) is 31.2 Å². The molecule has 1 aromatic heterocycles. The zero-order valence-corrected chi connectivity index (χ0v) is 14.4. The number of alkyl halides is 3. The molecule has 0 aliphatic carbocycles. The fourth-order valence-electron chi connectivity index (χ4n) is 2.64. The van der Waals surface area contributed by atoms with Gasteiger partial charge in [-0.15, -0.1) is 0 Å². The summed E-state index contributed by atoms with van der Waals surface area (Å²) in [6.07, 6.45) is -0.922. The molecule has 7 nitrogen and oxygen atoms in total. The Hall–Kier alpha value is -3.37. The van der Waals surface area contributed by atoms with Gasteiger partial charge in [0, 0.05) is 11.3 Å². The van der Waals surface area contributed by atoms with Crippen LogP contribution in [-0.4, -0.2) is 23.6 Å². The van der Waals surface area contributed by atoms with Crippen molar-refractivity contribution in [1.29, 1.82) is 0 Å². The molecular weight excluding hydrogens is 384 g/mol. The van der Waals surface area contributed by atoms with Crippen LogP contribution in [0.5, 0.6) is 0 Å². The second-order valence-electron chi connectivity index (χ2n) is 5.96. The molecule has 1 amide bonds. The van der Waals surface area contributed by atoms with E-state index in [1.807, 2.05) is 0 Å². The third kappa shape index (κ3) is 3.82. The number of amidine groups is 1. The van der Waals surface area contributed by atoms with Gasteiger partial charge in [-0.1, -0.05) is 0 Å². The van der Waals surface area contributed by atoms with Crippen molar-refractivity contribution in [2.75, 3.05) is 12.0 Å². The van der Waals surface area contributed by atoms with E-state index in [0.717, 1.165) is 12.3 Å². The van der Waals surface area contributed by atoms with E-state index >= 15 is 0 Å². The maximum Gasteiger partial charge on any atom is 0.313 e. The molecule has 0 radical (unpaired) electrons. The molecule has 0 spiro atoms. The van der Waals surface area contributed by atoms with Crippen LogP contribution in [0.25, 0.3) is 0 Å². The van der Waals surface area contributed by atoms with Gasteiger partial charge in [0.15, 0.2) is 5.69 Å². The molecule has 2 aromatic rings. The Labute approximate surface area is 155 Å². The van der Waals surface area contributed by atoms with Crippen molar-refractivity contribution in [3.05, 3.63) is 59.3 Å². The normalized spacial score (nSPS) is 19.1. The second-order valence-corrected chi connectivity index (χ2v) is 5.96. The summed E-state index contributed by atoms with van der Waals surface area (Å²) in [6.45, 7) is 0.511. The molecule has 0 unspecified atom stereocenters. The van der Waals surface area contributed by atoms with E-state index in [1.54, 1.807) is 0 Å². The molecule has 1 aromatic carbocycles. The van der Waals surface area contributed by atoms with Crippen molar-refractivity contribution in [3.8, 4) is 0 Å². The third-order valence-electron chi connectivity index (χ3n) is 3.86. The standard InChI is InChI=1S/C17H14F4N4O3/c1-17(5-9(6-18)28-16(22)25-17)10-4-8(2-3-11(10)19)23-14(26)12-7-27-15(24-12)13(20)21/h2-5,7,13H,6H2,1H3,(H2,22,25)(H,23,26)/t17-/m0/s1. The van der Waals surface area contributed by atoms with E-state index in [1.165, 1.54) is 25.1 Å². The Morgan fingerprint density at radius 3 is 2.79 bits per heavy atom. The zero-order valence-electron chi connectivity index (χ0n) is 14.4. The van der Waals surface area contributed by atoms with Crippen LogP contribution in [0.3, 0.4) is 0 Å². The number of nitrogens with one attached hydrogen (secondary N) is 1. The third-order valence-corrected chi connectivity index (χ3v) is 3.86. The van der Waals surface area contributed by atoms with Gasteiger partial charge in [0.25, 0.3) is 17.8 Å². The molecule has 148 valence electrons. The maximum atomic E-state index is 14.4. The highest BCUT2D eigenvalue weighted by molar-refractivity contribution is 6.02. The van der Waals surface area contributed by atoms with Crippen LogP contribution in [0.2, 0.25) is 0 Å². The summed E-state index contributed by atoms with van der Waals surface area (Å²) >= 11 is 0. The lowest BCUT2D eigenvalue weighted by Crippen LogP contribution is -2.31. The van der Waals surface area contributed by atoms with Gasteiger partial charge < -0.3 is 20.2 Å². The first-order chi connectivity index (χ1) is 13.2. The van der Waals surface area contributed by atoms with Gasteiger partial charge in [0.1, 0.15) is 30.1 Å². The first-order valence-electron chi connectivity index (χ1n) is 7.87. The molecule has 28 heavy (non-hydrogen) atoms. The Morgan fingerprint density at radius 2 is 2.14 bits per heavy atom. The van der Waals surface area contributed by atoms with Crippen LogP contribution < -0.4 is 11.1 Å². The minimum atomic E-state index is -2.97. The minimum absolute atomic E-state index is 0.0177. The SMILES string of the molecule is C[C@@]1(c2cc(NC(=O)c3coc(C(F)F)n3)ccc2F)C=C(CF)OC(N)=N1. The molecule has 1 aliphatic heterocycles. The number of ether oxygens (including phenoxy) is 1. The first-order valence-corrected chi connectivity index (χ1v) is 7.87. The summed E-state index contributed by atoms with van der Waals surface area (Å²) < 4.78 is 61.8. The fourth-order valence-corrected chi connectivity index (χ4v) is 2.64. The second kappa shape index (κ2) is 7.33. The average Bonchev–Trinajstić information content (AvgIpc) is 3.13. The quantitative estimate of drug-likeness (QED) is 0.752. The number of hydrogen-bond acceptors (Lipinski definition) is 6. The summed E-state index contributed by atoms with van der Waals surface area (Å²) in [4.78, 5) is 19.5. The van der Waals surface area contributed by atoms with Gasteiger partial charge in [-0.2, -0.15) is 8.78 Å². The van der Waals surface area contributed by atoms with Crippen molar-refractivity contribution in [3.63, 3.8) is 0 Å². The zero-order chi connectivity index (χ0) is 20.5. The van der Waals surface area contributed by atoms with Crippen molar-refractivity contribution >= 4 is 17.6 Å². The molecular formula is C17H14F4N4O3. The monoisotopic (exact) mass is 398 g/mol. The molecule has 11 heteroatoms. The molecule has 0 fully saturated rings. The van der Waals surface area contributed by atoms with Crippen molar-refractivity contribution in [2.45, 2.75) is 18.9 Å². The van der Waals surface area contributed by atoms with Crippen LogP contribution in [0.1, 0.15) is 35.3 Å². The number of nitrogens with zero attached hydrogens (tertiary/aromatic N) is 2. The van der Waals surface area contributed by atoms with E-state index in [-0.39, 0.29) is 28.7 Å². The fraction of sp³-hybridized carbons (Fsp3) is 0.235. The van der Waals surface area contributed by atoms with E-state index in [0.29, 0.717) is 0 Å². The molecule has 1 atom stereocenters. The maximum absolute atomic E-state index is 14.4. The number of anilines is 1. The number of hydrogen-bond donors (Lipinski definition) is 2.